The SMILES string of the molecule is Cc1[nH]nc(CN)c1S(=O)(=O)NCC1CCCC(C)C1. The van der Waals surface area contributed by atoms with Gasteiger partial charge in [0, 0.05) is 13.1 Å². The van der Waals surface area contributed by atoms with Crippen LogP contribution in [-0.4, -0.2) is 25.2 Å². The Labute approximate surface area is 120 Å². The molecule has 1 aliphatic carbocycles. The number of nitrogens with one attached hydrogen (secondary N) is 2. The first-order valence-electron chi connectivity index (χ1n) is 7.17. The lowest BCUT2D eigenvalue weighted by Gasteiger charge is -2.26. The fourth-order valence-corrected chi connectivity index (χ4v) is 4.50. The van der Waals surface area contributed by atoms with Crippen LogP contribution in [0.1, 0.15) is 44.0 Å². The van der Waals surface area contributed by atoms with E-state index in [1.165, 1.54) is 12.8 Å². The van der Waals surface area contributed by atoms with Crippen molar-refractivity contribution in [2.75, 3.05) is 6.54 Å². The lowest BCUT2D eigenvalue weighted by Crippen LogP contribution is -2.32. The van der Waals surface area contributed by atoms with Crippen molar-refractivity contribution in [2.45, 2.75) is 51.0 Å². The van der Waals surface area contributed by atoms with Crippen molar-refractivity contribution in [3.8, 4) is 0 Å². The van der Waals surface area contributed by atoms with Crippen molar-refractivity contribution < 1.29 is 8.42 Å². The van der Waals surface area contributed by atoms with Gasteiger partial charge in [0.15, 0.2) is 0 Å². The van der Waals surface area contributed by atoms with Crippen molar-refractivity contribution in [3.05, 3.63) is 11.4 Å². The predicted molar refractivity (Wildman–Crippen MR) is 77.5 cm³/mol. The Morgan fingerprint density at radius 1 is 1.45 bits per heavy atom. The molecule has 0 spiro atoms. The van der Waals surface area contributed by atoms with Gasteiger partial charge in [-0.3, -0.25) is 5.10 Å². The highest BCUT2D eigenvalue weighted by molar-refractivity contribution is 7.89. The van der Waals surface area contributed by atoms with Gasteiger partial charge in [-0.05, 0) is 31.6 Å². The number of hydrogen-bond donors (Lipinski definition) is 3. The third-order valence-electron chi connectivity index (χ3n) is 4.03. The topological polar surface area (TPSA) is 101 Å². The van der Waals surface area contributed by atoms with Crippen molar-refractivity contribution in [1.82, 2.24) is 14.9 Å². The summed E-state index contributed by atoms with van der Waals surface area (Å²) in [5.41, 5.74) is 6.48. The second-order valence-corrected chi connectivity index (χ2v) is 7.52. The highest BCUT2D eigenvalue weighted by atomic mass is 32.2. The van der Waals surface area contributed by atoms with E-state index >= 15 is 0 Å². The fourth-order valence-electron chi connectivity index (χ4n) is 3.01. The van der Waals surface area contributed by atoms with Gasteiger partial charge in [-0.2, -0.15) is 5.10 Å². The van der Waals surface area contributed by atoms with Crippen LogP contribution in [0.25, 0.3) is 0 Å². The number of aromatic nitrogens is 2. The Kier molecular flexibility index (Phi) is 4.82. The average Bonchev–Trinajstić information content (AvgIpc) is 2.78. The minimum absolute atomic E-state index is 0.112. The van der Waals surface area contributed by atoms with Crippen molar-refractivity contribution in [3.63, 3.8) is 0 Å². The van der Waals surface area contributed by atoms with Crippen LogP contribution in [-0.2, 0) is 16.6 Å². The van der Waals surface area contributed by atoms with Gasteiger partial charge in [-0.1, -0.05) is 19.8 Å². The van der Waals surface area contributed by atoms with Gasteiger partial charge in [-0.15, -0.1) is 0 Å². The summed E-state index contributed by atoms with van der Waals surface area (Å²) >= 11 is 0. The predicted octanol–water partition coefficient (Wildman–Crippen LogP) is 1.28. The molecule has 2 rings (SSSR count). The Bertz CT molecular complexity index is 553. The van der Waals surface area contributed by atoms with Gasteiger partial charge in [0.1, 0.15) is 4.90 Å². The number of nitrogens with zero attached hydrogens (tertiary/aromatic N) is 1. The molecule has 1 aliphatic rings. The highest BCUT2D eigenvalue weighted by Gasteiger charge is 2.26. The molecule has 1 fully saturated rings. The van der Waals surface area contributed by atoms with E-state index in [9.17, 15) is 8.42 Å². The van der Waals surface area contributed by atoms with E-state index in [1.807, 2.05) is 0 Å². The maximum atomic E-state index is 12.4. The second kappa shape index (κ2) is 6.24. The molecule has 1 aromatic heterocycles. The van der Waals surface area contributed by atoms with E-state index in [4.69, 9.17) is 5.73 Å². The van der Waals surface area contributed by atoms with Crippen LogP contribution in [0.2, 0.25) is 0 Å². The molecule has 0 bridgehead atoms. The average molecular weight is 300 g/mol. The molecule has 1 heterocycles. The Hall–Kier alpha value is -0.920. The van der Waals surface area contributed by atoms with Crippen LogP contribution in [0, 0.1) is 18.8 Å². The number of hydrogen-bond acceptors (Lipinski definition) is 4. The van der Waals surface area contributed by atoms with Crippen molar-refractivity contribution in [1.29, 1.82) is 0 Å². The standard InChI is InChI=1S/C13H24N4O2S/c1-9-4-3-5-11(6-9)8-15-20(18,19)13-10(2)16-17-12(13)7-14/h9,11,15H,3-8,14H2,1-2H3,(H,16,17). The number of sulfonamides is 1. The van der Waals surface area contributed by atoms with Gasteiger partial charge >= 0.3 is 0 Å². The first-order valence-corrected chi connectivity index (χ1v) is 8.66. The molecule has 7 heteroatoms. The smallest absolute Gasteiger partial charge is 0.244 e. The van der Waals surface area contributed by atoms with Crippen LogP contribution in [0.5, 0.6) is 0 Å². The molecule has 1 aromatic rings. The van der Waals surface area contributed by atoms with Crippen LogP contribution in [0.3, 0.4) is 0 Å². The Balaban J connectivity index is 2.05. The van der Waals surface area contributed by atoms with Gasteiger partial charge in [0.25, 0.3) is 0 Å². The molecular weight excluding hydrogens is 276 g/mol. The summed E-state index contributed by atoms with van der Waals surface area (Å²) in [6.45, 7) is 4.54. The van der Waals surface area contributed by atoms with Crippen molar-refractivity contribution in [2.24, 2.45) is 17.6 Å². The summed E-state index contributed by atoms with van der Waals surface area (Å²) in [6, 6.07) is 0. The van der Waals surface area contributed by atoms with E-state index in [-0.39, 0.29) is 11.4 Å². The van der Waals surface area contributed by atoms with E-state index in [0.29, 0.717) is 29.8 Å². The number of aromatic amines is 1. The molecule has 114 valence electrons. The Morgan fingerprint density at radius 3 is 2.85 bits per heavy atom. The Morgan fingerprint density at radius 2 is 2.20 bits per heavy atom. The molecular formula is C13H24N4O2S. The maximum Gasteiger partial charge on any atom is 0.244 e. The summed E-state index contributed by atoms with van der Waals surface area (Å²) in [5.74, 6) is 1.12. The zero-order valence-corrected chi connectivity index (χ0v) is 13.0. The zero-order valence-electron chi connectivity index (χ0n) is 12.1. The first-order chi connectivity index (χ1) is 9.44. The molecule has 0 amide bonds. The molecule has 0 aliphatic heterocycles. The first kappa shape index (κ1) is 15.5. The molecule has 0 saturated heterocycles. The highest BCUT2D eigenvalue weighted by Crippen LogP contribution is 2.28. The summed E-state index contributed by atoms with van der Waals surface area (Å²) < 4.78 is 27.5. The minimum Gasteiger partial charge on any atom is -0.325 e. The van der Waals surface area contributed by atoms with Gasteiger partial charge in [0.05, 0.1) is 11.4 Å². The minimum atomic E-state index is -3.53. The van der Waals surface area contributed by atoms with Gasteiger partial charge in [0.2, 0.25) is 10.0 Å². The molecule has 0 radical (unpaired) electrons. The molecule has 2 unspecified atom stereocenters. The second-order valence-electron chi connectivity index (χ2n) is 5.82. The lowest BCUT2D eigenvalue weighted by atomic mass is 9.83. The third kappa shape index (κ3) is 3.39. The molecule has 2 atom stereocenters. The fraction of sp³-hybridized carbons (Fsp3) is 0.769. The van der Waals surface area contributed by atoms with Gasteiger partial charge in [-0.25, -0.2) is 13.1 Å². The van der Waals surface area contributed by atoms with Crippen LogP contribution in [0.4, 0.5) is 0 Å². The normalized spacial score (nSPS) is 23.9. The largest absolute Gasteiger partial charge is 0.325 e. The maximum absolute atomic E-state index is 12.4. The molecule has 1 saturated carbocycles. The van der Waals surface area contributed by atoms with Crippen LogP contribution >= 0.6 is 0 Å². The van der Waals surface area contributed by atoms with Gasteiger partial charge < -0.3 is 5.73 Å². The molecule has 20 heavy (non-hydrogen) atoms. The number of H-pyrrole nitrogens is 1. The number of nitrogens with two attached hydrogens (primary N) is 1. The zero-order chi connectivity index (χ0) is 14.8. The summed E-state index contributed by atoms with van der Waals surface area (Å²) in [7, 11) is -3.53. The van der Waals surface area contributed by atoms with E-state index < -0.39 is 10.0 Å². The summed E-state index contributed by atoms with van der Waals surface area (Å²) in [4.78, 5) is 0.212. The van der Waals surface area contributed by atoms with Crippen LogP contribution in [0.15, 0.2) is 4.90 Å². The molecule has 4 N–H and O–H groups in total. The lowest BCUT2D eigenvalue weighted by molar-refractivity contribution is 0.283. The van der Waals surface area contributed by atoms with E-state index in [0.717, 1.165) is 12.8 Å². The van der Waals surface area contributed by atoms with Crippen LogP contribution < -0.4 is 10.5 Å². The van der Waals surface area contributed by atoms with E-state index in [1.54, 1.807) is 6.92 Å². The monoisotopic (exact) mass is 300 g/mol. The quantitative estimate of drug-likeness (QED) is 0.762. The summed E-state index contributed by atoms with van der Waals surface area (Å²) in [6.07, 6.45) is 4.63. The molecule has 6 nitrogen and oxygen atoms in total. The van der Waals surface area contributed by atoms with Crippen molar-refractivity contribution >= 4 is 10.0 Å². The molecule has 0 aromatic carbocycles. The third-order valence-corrected chi connectivity index (χ3v) is 5.66. The van der Waals surface area contributed by atoms with E-state index in [2.05, 4.69) is 21.8 Å². The number of aryl methyl sites for hydroxylation is 1. The summed E-state index contributed by atoms with van der Waals surface area (Å²) in [5, 5.41) is 6.63. The number of rotatable bonds is 5.